The van der Waals surface area contributed by atoms with Gasteiger partial charge in [-0.1, -0.05) is 6.07 Å². The highest BCUT2D eigenvalue weighted by atomic mass is 16.5. The fourth-order valence-corrected chi connectivity index (χ4v) is 4.40. The summed E-state index contributed by atoms with van der Waals surface area (Å²) in [4.78, 5) is 68.9. The van der Waals surface area contributed by atoms with Crippen molar-refractivity contribution < 1.29 is 33.4 Å². The minimum atomic E-state index is -0.994. The molecule has 1 amide bonds. The molecule has 0 radical (unpaired) electrons. The van der Waals surface area contributed by atoms with Crippen molar-refractivity contribution in [3.63, 3.8) is 0 Å². The second kappa shape index (κ2) is 15.8. The number of hydrogen-bond acceptors (Lipinski definition) is 10. The number of anilines is 1. The SMILES string of the molecule is CCOC(=O)CC[C@@H](NC(=O)c1ccc(N(CC)Cc2ccc3ncn(COC(=O)C(C)(C)C)c(=O)c3c2)cc1)C(=O)OCC. The maximum Gasteiger partial charge on any atom is 0.328 e. The Morgan fingerprint density at radius 3 is 2.27 bits per heavy atom. The van der Waals surface area contributed by atoms with E-state index >= 15 is 0 Å². The number of nitrogens with one attached hydrogen (secondary N) is 1. The molecule has 0 saturated heterocycles. The third-order valence-electron chi connectivity index (χ3n) is 6.90. The number of carbonyl (C=O) groups is 4. The standard InChI is InChI=1S/C33H42N4O8/c1-7-36(19-22-10-15-26-25(18-22)30(40)37(20-34-26)21-45-32(42)33(4,5)6)24-13-11-23(12-14-24)29(39)35-27(31(41)44-9-3)16-17-28(38)43-8-2/h10-15,18,20,27H,7-9,16-17,19,21H2,1-6H3,(H,35,39)/t27-/m1/s1. The summed E-state index contributed by atoms with van der Waals surface area (Å²) in [5, 5.41) is 3.07. The van der Waals surface area contributed by atoms with Gasteiger partial charge in [-0.3, -0.25) is 23.7 Å². The monoisotopic (exact) mass is 622 g/mol. The number of ether oxygens (including phenoxy) is 3. The van der Waals surface area contributed by atoms with E-state index < -0.39 is 35.3 Å². The Hall–Kier alpha value is -4.74. The largest absolute Gasteiger partial charge is 0.466 e. The second-order valence-electron chi connectivity index (χ2n) is 11.4. The number of nitrogens with zero attached hydrogens (tertiary/aromatic N) is 3. The molecular weight excluding hydrogens is 580 g/mol. The molecule has 45 heavy (non-hydrogen) atoms. The van der Waals surface area contributed by atoms with E-state index in [1.807, 2.05) is 13.0 Å². The van der Waals surface area contributed by atoms with Gasteiger partial charge in [0, 0.05) is 30.8 Å². The zero-order valence-corrected chi connectivity index (χ0v) is 26.8. The van der Waals surface area contributed by atoms with Crippen molar-refractivity contribution in [2.24, 2.45) is 5.41 Å². The van der Waals surface area contributed by atoms with Crippen LogP contribution >= 0.6 is 0 Å². The maximum atomic E-state index is 13.2. The van der Waals surface area contributed by atoms with Gasteiger partial charge >= 0.3 is 17.9 Å². The van der Waals surface area contributed by atoms with Gasteiger partial charge in [-0.2, -0.15) is 0 Å². The molecule has 0 aliphatic carbocycles. The lowest BCUT2D eigenvalue weighted by Gasteiger charge is -2.24. The third kappa shape index (κ3) is 9.62. The topological polar surface area (TPSA) is 146 Å². The van der Waals surface area contributed by atoms with E-state index in [2.05, 4.69) is 15.2 Å². The van der Waals surface area contributed by atoms with Gasteiger partial charge in [0.15, 0.2) is 6.73 Å². The molecule has 3 rings (SSSR count). The van der Waals surface area contributed by atoms with Gasteiger partial charge in [0.05, 0.1) is 29.5 Å². The molecular formula is C33H42N4O8. The van der Waals surface area contributed by atoms with Gasteiger partial charge in [0.2, 0.25) is 0 Å². The molecule has 0 bridgehead atoms. The van der Waals surface area contributed by atoms with E-state index in [9.17, 15) is 24.0 Å². The Kier molecular flexibility index (Phi) is 12.2. The Balaban J connectivity index is 1.72. The first kappa shape index (κ1) is 34.7. The molecule has 2 aromatic carbocycles. The van der Waals surface area contributed by atoms with Crippen LogP contribution in [0, 0.1) is 5.41 Å². The summed E-state index contributed by atoms with van der Waals surface area (Å²) in [5.74, 6) is -1.97. The van der Waals surface area contributed by atoms with Crippen LogP contribution in [0.1, 0.15) is 70.3 Å². The number of aromatic nitrogens is 2. The van der Waals surface area contributed by atoms with Gasteiger partial charge in [0.25, 0.3) is 11.5 Å². The molecule has 0 aliphatic heterocycles. The van der Waals surface area contributed by atoms with E-state index in [-0.39, 0.29) is 38.3 Å². The summed E-state index contributed by atoms with van der Waals surface area (Å²) in [6.07, 6.45) is 1.39. The van der Waals surface area contributed by atoms with Crippen LogP contribution < -0.4 is 15.8 Å². The molecule has 1 N–H and O–H groups in total. The molecule has 0 fully saturated rings. The minimum absolute atomic E-state index is 0.0364. The predicted molar refractivity (Wildman–Crippen MR) is 168 cm³/mol. The average molecular weight is 623 g/mol. The van der Waals surface area contributed by atoms with Crippen LogP contribution in [0.15, 0.2) is 53.6 Å². The highest BCUT2D eigenvalue weighted by Crippen LogP contribution is 2.20. The fraction of sp³-hybridized carbons (Fsp3) is 0.455. The summed E-state index contributed by atoms with van der Waals surface area (Å²) in [6.45, 7) is 11.8. The Morgan fingerprint density at radius 1 is 0.956 bits per heavy atom. The van der Waals surface area contributed by atoms with Crippen molar-refractivity contribution in [3.8, 4) is 0 Å². The Morgan fingerprint density at radius 2 is 1.64 bits per heavy atom. The molecule has 0 unspecified atom stereocenters. The van der Waals surface area contributed by atoms with Gasteiger partial charge in [-0.05, 0) is 89.9 Å². The lowest BCUT2D eigenvalue weighted by atomic mass is 9.98. The number of amides is 1. The normalized spacial score (nSPS) is 11.9. The molecule has 1 atom stereocenters. The number of rotatable bonds is 14. The third-order valence-corrected chi connectivity index (χ3v) is 6.90. The summed E-state index contributed by atoms with van der Waals surface area (Å²) < 4.78 is 16.6. The van der Waals surface area contributed by atoms with E-state index in [0.717, 1.165) is 11.3 Å². The first-order valence-electron chi connectivity index (χ1n) is 15.0. The molecule has 3 aromatic rings. The van der Waals surface area contributed by atoms with Crippen LogP contribution in [0.3, 0.4) is 0 Å². The number of esters is 3. The number of fused-ring (bicyclic) bond motifs is 1. The summed E-state index contributed by atoms with van der Waals surface area (Å²) >= 11 is 0. The van der Waals surface area contributed by atoms with Crippen molar-refractivity contribution >= 4 is 40.4 Å². The lowest BCUT2D eigenvalue weighted by molar-refractivity contribution is -0.157. The van der Waals surface area contributed by atoms with Crippen LogP contribution in [0.2, 0.25) is 0 Å². The molecule has 12 heteroatoms. The molecule has 12 nitrogen and oxygen atoms in total. The van der Waals surface area contributed by atoms with Gasteiger partial charge < -0.3 is 24.4 Å². The first-order valence-corrected chi connectivity index (χ1v) is 15.0. The maximum absolute atomic E-state index is 13.2. The van der Waals surface area contributed by atoms with E-state index in [0.29, 0.717) is 29.6 Å². The van der Waals surface area contributed by atoms with Crippen LogP contribution in [0.25, 0.3) is 10.9 Å². The molecule has 0 saturated carbocycles. The van der Waals surface area contributed by atoms with E-state index in [4.69, 9.17) is 14.2 Å². The highest BCUT2D eigenvalue weighted by molar-refractivity contribution is 5.97. The summed E-state index contributed by atoms with van der Waals surface area (Å²) in [7, 11) is 0. The highest BCUT2D eigenvalue weighted by Gasteiger charge is 2.25. The van der Waals surface area contributed by atoms with Gasteiger partial charge in [-0.25, -0.2) is 9.78 Å². The first-order chi connectivity index (χ1) is 21.4. The quantitative estimate of drug-likeness (QED) is 0.207. The average Bonchev–Trinajstić information content (AvgIpc) is 3.01. The smallest absolute Gasteiger partial charge is 0.328 e. The van der Waals surface area contributed by atoms with Crippen molar-refractivity contribution in [2.45, 2.75) is 73.7 Å². The second-order valence-corrected chi connectivity index (χ2v) is 11.4. The number of carbonyl (C=O) groups excluding carboxylic acids is 4. The van der Waals surface area contributed by atoms with Crippen molar-refractivity contribution in [3.05, 3.63) is 70.3 Å². The summed E-state index contributed by atoms with van der Waals surface area (Å²) in [5.41, 5.74) is 1.58. The lowest BCUT2D eigenvalue weighted by Crippen LogP contribution is -2.42. The molecule has 1 heterocycles. The number of hydrogen-bond donors (Lipinski definition) is 1. The van der Waals surface area contributed by atoms with E-state index in [1.54, 1.807) is 71.0 Å². The van der Waals surface area contributed by atoms with Crippen LogP contribution in [0.4, 0.5) is 5.69 Å². The zero-order chi connectivity index (χ0) is 33.1. The fourth-order valence-electron chi connectivity index (χ4n) is 4.40. The van der Waals surface area contributed by atoms with Gasteiger partial charge in [-0.15, -0.1) is 0 Å². The number of benzene rings is 2. The molecule has 242 valence electrons. The Labute approximate surface area is 262 Å². The van der Waals surface area contributed by atoms with Crippen molar-refractivity contribution in [1.82, 2.24) is 14.9 Å². The Bertz CT molecular complexity index is 1560. The zero-order valence-electron chi connectivity index (χ0n) is 26.8. The molecule has 0 aliphatic rings. The minimum Gasteiger partial charge on any atom is -0.466 e. The van der Waals surface area contributed by atoms with Crippen molar-refractivity contribution in [2.75, 3.05) is 24.7 Å². The predicted octanol–water partition coefficient (Wildman–Crippen LogP) is 3.97. The van der Waals surface area contributed by atoms with Crippen LogP contribution in [0.5, 0.6) is 0 Å². The van der Waals surface area contributed by atoms with E-state index in [1.165, 1.54) is 10.9 Å². The molecule has 1 aromatic heterocycles. The van der Waals surface area contributed by atoms with Gasteiger partial charge in [0.1, 0.15) is 12.4 Å². The van der Waals surface area contributed by atoms with Crippen LogP contribution in [-0.4, -0.2) is 59.2 Å². The summed E-state index contributed by atoms with van der Waals surface area (Å²) in [6, 6.07) is 11.4. The molecule has 0 spiro atoms. The van der Waals surface area contributed by atoms with Crippen molar-refractivity contribution in [1.29, 1.82) is 0 Å². The van der Waals surface area contributed by atoms with Crippen LogP contribution in [-0.2, 0) is 41.9 Å².